The van der Waals surface area contributed by atoms with E-state index >= 15 is 0 Å². The molecule has 0 aliphatic carbocycles. The zero-order valence-electron chi connectivity index (χ0n) is 21.1. The maximum Gasteiger partial charge on any atom is 0.420 e. The summed E-state index contributed by atoms with van der Waals surface area (Å²) in [5.41, 5.74) is -1.52. The minimum Gasteiger partial charge on any atom is -0.354 e. The molecule has 42 heavy (non-hydrogen) atoms. The summed E-state index contributed by atoms with van der Waals surface area (Å²) >= 11 is 0. The molecule has 6 aromatic heterocycles. The number of imidazole rings is 2. The van der Waals surface area contributed by atoms with Crippen LogP contribution in [-0.2, 0) is 0 Å². The van der Waals surface area contributed by atoms with E-state index in [9.17, 15) is 26.3 Å². The number of hydrogen-bond acceptors (Lipinski definition) is 2. The van der Waals surface area contributed by atoms with E-state index in [0.717, 1.165) is 0 Å². The van der Waals surface area contributed by atoms with E-state index in [-0.39, 0.29) is 67.0 Å². The van der Waals surface area contributed by atoms with Crippen molar-refractivity contribution >= 4 is 22.3 Å². The number of aromatic amines is 6. The van der Waals surface area contributed by atoms with Crippen LogP contribution >= 0.6 is 0 Å². The topological polar surface area (TPSA) is 121 Å². The van der Waals surface area contributed by atoms with Crippen molar-refractivity contribution in [2.75, 3.05) is 0 Å². The maximum atomic E-state index is 14.6. The third-order valence-electron chi connectivity index (χ3n) is 6.94. The van der Waals surface area contributed by atoms with Crippen LogP contribution in [0.15, 0.2) is 73.3 Å². The number of fused-ring (bicyclic) bond motifs is 8. The summed E-state index contributed by atoms with van der Waals surface area (Å²) in [7, 11) is 0. The second-order valence-electron chi connectivity index (χ2n) is 9.51. The Morgan fingerprint density at radius 1 is 0.452 bits per heavy atom. The predicted octanol–water partition coefficient (Wildman–Crippen LogP) is 2.78. The van der Waals surface area contributed by atoms with Crippen LogP contribution in [0.4, 0.5) is 26.3 Å². The molecule has 0 fully saturated rings. The Balaban J connectivity index is 1.66. The quantitative estimate of drug-likeness (QED) is 0.177. The summed E-state index contributed by atoms with van der Waals surface area (Å²) in [6, 6.07) is 10.8. The van der Waals surface area contributed by atoms with Crippen LogP contribution in [0.3, 0.4) is 0 Å². The van der Waals surface area contributed by atoms with E-state index < -0.39 is 23.5 Å². The van der Waals surface area contributed by atoms with Crippen molar-refractivity contribution in [3.8, 4) is 0 Å². The highest BCUT2D eigenvalue weighted by molar-refractivity contribution is 5.78. The number of nitrogens with zero attached hydrogens (tertiary/aromatic N) is 2. The van der Waals surface area contributed by atoms with E-state index in [1.807, 2.05) is 0 Å². The molecule has 0 atom stereocenters. The Labute approximate surface area is 230 Å². The van der Waals surface area contributed by atoms with Gasteiger partial charge in [-0.2, -0.15) is 26.3 Å². The zero-order valence-corrected chi connectivity index (χ0v) is 21.1. The smallest absolute Gasteiger partial charge is 0.354 e. The number of hydrogen-bond donors (Lipinski definition) is 6. The van der Waals surface area contributed by atoms with Gasteiger partial charge in [0.2, 0.25) is 0 Å². The summed E-state index contributed by atoms with van der Waals surface area (Å²) in [6.07, 6.45) is -3.68. The molecule has 0 amide bonds. The first-order valence-electron chi connectivity index (χ1n) is 12.5. The molecule has 7 heterocycles. The van der Waals surface area contributed by atoms with Crippen molar-refractivity contribution in [2.24, 2.45) is 0 Å². The molecule has 0 saturated carbocycles. The van der Waals surface area contributed by atoms with Crippen molar-refractivity contribution in [3.63, 3.8) is 0 Å². The fourth-order valence-corrected chi connectivity index (χ4v) is 5.25. The van der Waals surface area contributed by atoms with Gasteiger partial charge in [-0.25, -0.2) is 9.97 Å². The summed E-state index contributed by atoms with van der Waals surface area (Å²) in [5.74, 6) is 0.476. The Kier molecular flexibility index (Phi) is 5.51. The van der Waals surface area contributed by atoms with Gasteiger partial charge < -0.3 is 29.9 Å². The average molecular weight is 580 g/mol. The van der Waals surface area contributed by atoms with Gasteiger partial charge in [-0.15, -0.1) is 0 Å². The maximum absolute atomic E-state index is 14.6. The highest BCUT2D eigenvalue weighted by Gasteiger charge is 2.38. The number of H-pyrrole nitrogens is 6. The molecule has 8 nitrogen and oxygen atoms in total. The number of nitrogens with one attached hydrogen (secondary N) is 6. The lowest BCUT2D eigenvalue weighted by Crippen LogP contribution is -2.25. The molecule has 0 spiro atoms. The molecule has 0 aromatic carbocycles. The molecule has 0 radical (unpaired) electrons. The van der Waals surface area contributed by atoms with Crippen LogP contribution in [-0.4, -0.2) is 52.2 Å². The summed E-state index contributed by atoms with van der Waals surface area (Å²) in [5, 5.41) is -0.101. The zero-order chi connectivity index (χ0) is 29.2. The lowest BCUT2D eigenvalue weighted by molar-refractivity contribution is -0.0707. The van der Waals surface area contributed by atoms with E-state index in [1.54, 1.807) is 0 Å². The molecule has 0 unspecified atom stereocenters. The monoisotopic (exact) mass is 580 g/mol. The molecule has 1 aliphatic rings. The first-order chi connectivity index (χ1) is 20.1. The lowest BCUT2D eigenvalue weighted by atomic mass is 10.1. The Hall–Kier alpha value is -5.40. The molecular weight excluding hydrogens is 562 g/mol. The highest BCUT2D eigenvalue weighted by atomic mass is 19.4. The first-order valence-corrected chi connectivity index (χ1v) is 12.5. The molecule has 8 bridgehead atoms. The molecular formula is C28H18F6N8. The first kappa shape index (κ1) is 25.6. The standard InChI is InChI=1S/C28H18F6N8/c29-27(30,31)23-17-5-1-13(39-17)21(25-35-9-10-36-25)14-2-6-19(40-14)24(28(32,33)34)20-8-4-16(42-20)22(26-37-11-12-38-26)15-3-7-18(23)41-15/h1-12,39-42H,(H,35,36)(H,37,38). The van der Waals surface area contributed by atoms with E-state index in [2.05, 4.69) is 39.9 Å². The van der Waals surface area contributed by atoms with Gasteiger partial charge in [0, 0.05) is 24.8 Å². The SMILES string of the molecule is FC(F)(F)C1=c2ccc([nH]2)=C(c2ncc[nH]2)c2ccc([nH]2)C(C(F)(F)F)=c2ccc([nH]2)=C(c2ncc[nH]2)c2ccc1[nH]2. The fourth-order valence-electron chi connectivity index (χ4n) is 5.25. The van der Waals surface area contributed by atoms with Crippen LogP contribution in [0.25, 0.3) is 22.3 Å². The molecule has 212 valence electrons. The van der Waals surface area contributed by atoms with Crippen molar-refractivity contribution in [1.82, 2.24) is 39.9 Å². The van der Waals surface area contributed by atoms with Crippen LogP contribution in [0, 0.1) is 0 Å². The molecule has 6 N–H and O–H groups in total. The third-order valence-corrected chi connectivity index (χ3v) is 6.94. The Bertz CT molecular complexity index is 2010. The largest absolute Gasteiger partial charge is 0.420 e. The molecule has 7 rings (SSSR count). The number of rotatable bonds is 2. The number of halogens is 6. The third kappa shape index (κ3) is 4.19. The molecule has 6 aromatic rings. The van der Waals surface area contributed by atoms with Gasteiger partial charge in [0.1, 0.15) is 22.8 Å². The Morgan fingerprint density at radius 3 is 1.19 bits per heavy atom. The molecule has 14 heteroatoms. The van der Waals surface area contributed by atoms with Gasteiger partial charge in [0.05, 0.1) is 55.3 Å². The molecule has 0 saturated heterocycles. The summed E-state index contributed by atoms with van der Waals surface area (Å²) in [6.45, 7) is 0. The predicted molar refractivity (Wildman–Crippen MR) is 139 cm³/mol. The highest BCUT2D eigenvalue weighted by Crippen LogP contribution is 2.33. The second kappa shape index (κ2) is 9.06. The van der Waals surface area contributed by atoms with E-state index in [1.165, 1.54) is 73.3 Å². The summed E-state index contributed by atoms with van der Waals surface area (Å²) in [4.78, 5) is 25.5. The van der Waals surface area contributed by atoms with Crippen molar-refractivity contribution in [1.29, 1.82) is 0 Å². The minimum absolute atomic E-state index is 0.201. The van der Waals surface area contributed by atoms with Crippen LogP contribution in [0.5, 0.6) is 0 Å². The van der Waals surface area contributed by atoms with Crippen LogP contribution in [0.1, 0.15) is 34.4 Å². The van der Waals surface area contributed by atoms with Crippen molar-refractivity contribution in [2.45, 2.75) is 12.4 Å². The fraction of sp³-hybridized carbons (Fsp3) is 0.0714. The minimum atomic E-state index is -4.78. The van der Waals surface area contributed by atoms with Gasteiger partial charge in [0.15, 0.2) is 0 Å². The van der Waals surface area contributed by atoms with Gasteiger partial charge in [-0.1, -0.05) is 0 Å². The number of aromatic nitrogens is 8. The van der Waals surface area contributed by atoms with Gasteiger partial charge >= 0.3 is 12.4 Å². The van der Waals surface area contributed by atoms with E-state index in [4.69, 9.17) is 0 Å². The van der Waals surface area contributed by atoms with Crippen molar-refractivity contribution in [3.05, 3.63) is 129 Å². The Morgan fingerprint density at radius 2 is 0.833 bits per heavy atom. The normalized spacial score (nSPS) is 14.2. The van der Waals surface area contributed by atoms with Gasteiger partial charge in [-0.05, 0) is 48.5 Å². The van der Waals surface area contributed by atoms with Gasteiger partial charge in [-0.3, -0.25) is 0 Å². The lowest BCUT2D eigenvalue weighted by Gasteiger charge is -2.11. The summed E-state index contributed by atoms with van der Waals surface area (Å²) < 4.78 is 87.4. The van der Waals surface area contributed by atoms with Crippen LogP contribution in [0.2, 0.25) is 0 Å². The molecule has 1 aliphatic heterocycles. The van der Waals surface area contributed by atoms with Gasteiger partial charge in [0.25, 0.3) is 0 Å². The van der Waals surface area contributed by atoms with Crippen molar-refractivity contribution < 1.29 is 26.3 Å². The second-order valence-corrected chi connectivity index (χ2v) is 9.51. The van der Waals surface area contributed by atoms with E-state index in [0.29, 0.717) is 0 Å². The number of alkyl halides is 6. The average Bonchev–Trinajstić information content (AvgIpc) is 3.73. The van der Waals surface area contributed by atoms with Crippen LogP contribution < -0.4 is 21.4 Å².